The number of allylic oxidation sites excluding steroid dienone is 2. The summed E-state index contributed by atoms with van der Waals surface area (Å²) in [5.41, 5.74) is 3.31. The summed E-state index contributed by atoms with van der Waals surface area (Å²) >= 11 is 0. The van der Waals surface area contributed by atoms with Gasteiger partial charge in [0.15, 0.2) is 0 Å². The van der Waals surface area contributed by atoms with Crippen LogP contribution in [0.25, 0.3) is 17.0 Å². The van der Waals surface area contributed by atoms with Crippen LogP contribution in [0.4, 0.5) is 5.69 Å². The topological polar surface area (TPSA) is 25.1 Å². The predicted molar refractivity (Wildman–Crippen MR) is 99.9 cm³/mol. The second kappa shape index (κ2) is 7.47. The van der Waals surface area contributed by atoms with Gasteiger partial charge in [0, 0.05) is 29.8 Å². The van der Waals surface area contributed by atoms with Crippen LogP contribution in [0.1, 0.15) is 5.69 Å². The van der Waals surface area contributed by atoms with Crippen LogP contribution >= 0.6 is 0 Å². The van der Waals surface area contributed by atoms with E-state index in [-0.39, 0.29) is 0 Å². The van der Waals surface area contributed by atoms with Crippen LogP contribution in [0.15, 0.2) is 79.0 Å². The molecule has 0 fully saturated rings. The Balaban J connectivity index is 1.71. The van der Waals surface area contributed by atoms with E-state index in [0.29, 0.717) is 0 Å². The average Bonchev–Trinajstić information content (AvgIpc) is 2.63. The molecule has 0 saturated heterocycles. The molecular formula is C21H21N2O+. The molecule has 0 saturated carbocycles. The van der Waals surface area contributed by atoms with Gasteiger partial charge in [-0.15, -0.1) is 0 Å². The minimum Gasteiger partial charge on any atom is -0.495 e. The van der Waals surface area contributed by atoms with Crippen LogP contribution in [-0.2, 0) is 7.05 Å². The summed E-state index contributed by atoms with van der Waals surface area (Å²) in [6, 6.07) is 20.5. The maximum absolute atomic E-state index is 5.31. The van der Waals surface area contributed by atoms with Gasteiger partial charge in [-0.05, 0) is 30.3 Å². The zero-order valence-corrected chi connectivity index (χ0v) is 13.9. The zero-order chi connectivity index (χ0) is 16.8. The number of benzene rings is 2. The number of fused-ring (bicyclic) bond motifs is 1. The van der Waals surface area contributed by atoms with Crippen LogP contribution in [0, 0.1) is 0 Å². The number of pyridine rings is 1. The first kappa shape index (κ1) is 15.8. The molecule has 2 aromatic carbocycles. The number of nitrogens with one attached hydrogen (secondary N) is 1. The van der Waals surface area contributed by atoms with Crippen LogP contribution in [-0.4, -0.2) is 7.11 Å². The van der Waals surface area contributed by atoms with E-state index in [1.807, 2.05) is 42.6 Å². The summed E-state index contributed by atoms with van der Waals surface area (Å²) in [7, 11) is 3.75. The fourth-order valence-electron chi connectivity index (χ4n) is 2.64. The van der Waals surface area contributed by atoms with E-state index in [1.165, 1.54) is 10.9 Å². The second-order valence-corrected chi connectivity index (χ2v) is 5.44. The summed E-state index contributed by atoms with van der Waals surface area (Å²) in [5.74, 6) is 0.826. The van der Waals surface area contributed by atoms with Crippen molar-refractivity contribution in [1.82, 2.24) is 0 Å². The standard InChI is InChI=1S/C21H20N2O/c1-23-18(15-14-17-9-3-5-12-20(17)23)10-7-8-16-22-19-11-4-6-13-21(19)24-2/h3-16H,1-2H3/p+1. The minimum atomic E-state index is 0.826. The lowest BCUT2D eigenvalue weighted by atomic mass is 10.2. The Bertz CT molecular complexity index is 897. The van der Waals surface area contributed by atoms with E-state index >= 15 is 0 Å². The van der Waals surface area contributed by atoms with Crippen LogP contribution in [0.3, 0.4) is 0 Å². The number of anilines is 1. The largest absolute Gasteiger partial charge is 0.495 e. The first-order chi connectivity index (χ1) is 11.8. The molecule has 3 rings (SSSR count). The van der Waals surface area contributed by atoms with Crippen LogP contribution in [0.5, 0.6) is 5.75 Å². The van der Waals surface area contributed by atoms with Gasteiger partial charge >= 0.3 is 0 Å². The zero-order valence-electron chi connectivity index (χ0n) is 13.9. The highest BCUT2D eigenvalue weighted by atomic mass is 16.5. The Morgan fingerprint density at radius 3 is 2.58 bits per heavy atom. The Labute approximate surface area is 142 Å². The average molecular weight is 317 g/mol. The maximum atomic E-state index is 5.31. The fourth-order valence-corrected chi connectivity index (χ4v) is 2.64. The van der Waals surface area contributed by atoms with E-state index < -0.39 is 0 Å². The summed E-state index contributed by atoms with van der Waals surface area (Å²) in [5, 5.41) is 4.47. The molecule has 0 atom stereocenters. The lowest BCUT2D eigenvalue weighted by Gasteiger charge is -2.06. The summed E-state index contributed by atoms with van der Waals surface area (Å²) < 4.78 is 7.50. The van der Waals surface area contributed by atoms with Crippen molar-refractivity contribution < 1.29 is 9.30 Å². The van der Waals surface area contributed by atoms with Crippen molar-refractivity contribution in [3.63, 3.8) is 0 Å². The second-order valence-electron chi connectivity index (χ2n) is 5.44. The monoisotopic (exact) mass is 317 g/mol. The maximum Gasteiger partial charge on any atom is 0.212 e. The molecule has 0 spiro atoms. The third-order valence-electron chi connectivity index (χ3n) is 3.94. The number of methoxy groups -OCH3 is 1. The lowest BCUT2D eigenvalue weighted by Crippen LogP contribution is -2.32. The van der Waals surface area contributed by atoms with Crippen molar-refractivity contribution in [1.29, 1.82) is 0 Å². The lowest BCUT2D eigenvalue weighted by molar-refractivity contribution is -0.646. The van der Waals surface area contributed by atoms with E-state index in [4.69, 9.17) is 4.74 Å². The number of hydrogen-bond donors (Lipinski definition) is 1. The SMILES string of the molecule is COc1ccccc1NC=CC=Cc1ccc2ccccc2[n+]1C. The molecule has 24 heavy (non-hydrogen) atoms. The van der Waals surface area contributed by atoms with E-state index in [0.717, 1.165) is 17.1 Å². The van der Waals surface area contributed by atoms with Crippen molar-refractivity contribution in [3.05, 3.63) is 84.7 Å². The molecular weight excluding hydrogens is 296 g/mol. The molecule has 0 unspecified atom stereocenters. The molecule has 0 radical (unpaired) electrons. The number of rotatable bonds is 5. The molecule has 0 aliphatic heterocycles. The van der Waals surface area contributed by atoms with Gasteiger partial charge in [-0.25, -0.2) is 0 Å². The van der Waals surface area contributed by atoms with E-state index in [2.05, 4.69) is 59.4 Å². The van der Waals surface area contributed by atoms with Gasteiger partial charge in [0.2, 0.25) is 11.2 Å². The first-order valence-corrected chi connectivity index (χ1v) is 7.90. The van der Waals surface area contributed by atoms with Gasteiger partial charge in [-0.1, -0.05) is 30.3 Å². The van der Waals surface area contributed by atoms with Crippen molar-refractivity contribution >= 4 is 22.7 Å². The molecule has 120 valence electrons. The molecule has 1 N–H and O–H groups in total. The first-order valence-electron chi connectivity index (χ1n) is 7.90. The molecule has 0 amide bonds. The molecule has 1 aromatic heterocycles. The molecule has 3 aromatic rings. The highest BCUT2D eigenvalue weighted by Crippen LogP contribution is 2.22. The van der Waals surface area contributed by atoms with Crippen LogP contribution < -0.4 is 14.6 Å². The molecule has 3 heteroatoms. The Morgan fingerprint density at radius 2 is 1.71 bits per heavy atom. The smallest absolute Gasteiger partial charge is 0.212 e. The predicted octanol–water partition coefficient (Wildman–Crippen LogP) is 4.31. The summed E-state index contributed by atoms with van der Waals surface area (Å²) in [6.45, 7) is 0. The van der Waals surface area contributed by atoms with Crippen molar-refractivity contribution in [2.24, 2.45) is 7.05 Å². The highest BCUT2D eigenvalue weighted by molar-refractivity contribution is 5.76. The molecule has 0 bridgehead atoms. The minimum absolute atomic E-state index is 0.826. The van der Waals surface area contributed by atoms with Gasteiger partial charge in [0.05, 0.1) is 12.8 Å². The number of nitrogens with zero attached hydrogens (tertiary/aromatic N) is 1. The van der Waals surface area contributed by atoms with Crippen molar-refractivity contribution in [3.8, 4) is 5.75 Å². The van der Waals surface area contributed by atoms with Gasteiger partial charge < -0.3 is 10.1 Å². The van der Waals surface area contributed by atoms with Gasteiger partial charge in [0.1, 0.15) is 12.8 Å². The summed E-state index contributed by atoms with van der Waals surface area (Å²) in [4.78, 5) is 0. The molecule has 3 nitrogen and oxygen atoms in total. The number of para-hydroxylation sites is 3. The van der Waals surface area contributed by atoms with Crippen molar-refractivity contribution in [2.45, 2.75) is 0 Å². The van der Waals surface area contributed by atoms with Crippen LogP contribution in [0.2, 0.25) is 0 Å². The Kier molecular flexibility index (Phi) is 4.92. The number of aromatic nitrogens is 1. The van der Waals surface area contributed by atoms with Crippen molar-refractivity contribution in [2.75, 3.05) is 12.4 Å². The third-order valence-corrected chi connectivity index (χ3v) is 3.94. The Morgan fingerprint density at radius 1 is 0.917 bits per heavy atom. The molecule has 0 aliphatic carbocycles. The van der Waals surface area contributed by atoms with E-state index in [9.17, 15) is 0 Å². The van der Waals surface area contributed by atoms with Gasteiger partial charge in [-0.3, -0.25) is 0 Å². The molecule has 1 heterocycles. The molecule has 0 aliphatic rings. The number of hydrogen-bond acceptors (Lipinski definition) is 2. The quantitative estimate of drug-likeness (QED) is 0.560. The fraction of sp³-hybridized carbons (Fsp3) is 0.0952. The highest BCUT2D eigenvalue weighted by Gasteiger charge is 2.07. The van der Waals surface area contributed by atoms with E-state index in [1.54, 1.807) is 7.11 Å². The summed E-state index contributed by atoms with van der Waals surface area (Å²) in [6.07, 6.45) is 7.98. The van der Waals surface area contributed by atoms with Gasteiger partial charge in [-0.2, -0.15) is 4.57 Å². The third kappa shape index (κ3) is 3.46. The normalized spacial score (nSPS) is 11.4. The van der Waals surface area contributed by atoms with Gasteiger partial charge in [0.25, 0.3) is 0 Å². The number of ether oxygens (including phenoxy) is 1. The number of aryl methyl sites for hydroxylation is 1. The Hall–Kier alpha value is -3.07.